The number of aromatic nitrogens is 2. The Balaban J connectivity index is 2.34. The van der Waals surface area contributed by atoms with E-state index < -0.39 is 5.82 Å². The molecule has 0 unspecified atom stereocenters. The molecule has 0 bridgehead atoms. The van der Waals surface area contributed by atoms with Crippen LogP contribution in [0.25, 0.3) is 0 Å². The largest absolute Gasteiger partial charge is 0.504 e. The van der Waals surface area contributed by atoms with E-state index in [4.69, 9.17) is 4.74 Å². The molecular weight excluding hydrogens is 223 g/mol. The van der Waals surface area contributed by atoms with Gasteiger partial charge >= 0.3 is 0 Å². The summed E-state index contributed by atoms with van der Waals surface area (Å²) in [4.78, 5) is 7.50. The van der Waals surface area contributed by atoms with E-state index in [1.54, 1.807) is 19.1 Å². The second-order valence-corrected chi connectivity index (χ2v) is 3.36. The molecule has 0 spiro atoms. The van der Waals surface area contributed by atoms with Crippen LogP contribution in [0.1, 0.15) is 12.6 Å². The van der Waals surface area contributed by atoms with Gasteiger partial charge in [0.2, 0.25) is 5.82 Å². The number of ether oxygens (including phenoxy) is 1. The van der Waals surface area contributed by atoms with E-state index in [1.807, 2.05) is 0 Å². The molecule has 2 aromatic rings. The average Bonchev–Trinajstić information content (AvgIpc) is 2.34. The number of phenolic OH excluding ortho intramolecular Hbond substituents is 1. The Morgan fingerprint density at radius 3 is 2.76 bits per heavy atom. The number of rotatable bonds is 3. The number of hydrogen-bond donors (Lipinski definition) is 1. The van der Waals surface area contributed by atoms with Gasteiger partial charge in [0.25, 0.3) is 5.88 Å². The van der Waals surface area contributed by atoms with Crippen molar-refractivity contribution in [3.8, 4) is 17.4 Å². The molecule has 17 heavy (non-hydrogen) atoms. The molecule has 5 heteroatoms. The van der Waals surface area contributed by atoms with Gasteiger partial charge in [-0.1, -0.05) is 19.1 Å². The number of phenols is 1. The molecule has 4 nitrogen and oxygen atoms in total. The second-order valence-electron chi connectivity index (χ2n) is 3.36. The smallest absolute Gasteiger partial charge is 0.259 e. The number of hydrogen-bond acceptors (Lipinski definition) is 4. The molecule has 0 atom stereocenters. The maximum Gasteiger partial charge on any atom is 0.259 e. The quantitative estimate of drug-likeness (QED) is 0.887. The molecule has 1 heterocycles. The van der Waals surface area contributed by atoms with Gasteiger partial charge in [0.1, 0.15) is 6.33 Å². The third kappa shape index (κ3) is 2.33. The van der Waals surface area contributed by atoms with Gasteiger partial charge in [0.15, 0.2) is 11.5 Å². The Labute approximate surface area is 97.7 Å². The molecule has 0 amide bonds. The molecule has 1 N–H and O–H groups in total. The molecule has 0 aliphatic heterocycles. The van der Waals surface area contributed by atoms with Gasteiger partial charge in [0.05, 0.1) is 5.69 Å². The summed E-state index contributed by atoms with van der Waals surface area (Å²) in [5.74, 6) is -0.688. The summed E-state index contributed by atoms with van der Waals surface area (Å²) in [6, 6.07) is 6.31. The van der Waals surface area contributed by atoms with Crippen LogP contribution < -0.4 is 4.74 Å². The molecule has 2 rings (SSSR count). The summed E-state index contributed by atoms with van der Waals surface area (Å²) in [5.41, 5.74) is 0.283. The number of aromatic hydroxyl groups is 1. The van der Waals surface area contributed by atoms with Crippen molar-refractivity contribution in [2.75, 3.05) is 0 Å². The Morgan fingerprint density at radius 1 is 1.29 bits per heavy atom. The van der Waals surface area contributed by atoms with Crippen LogP contribution in [0.4, 0.5) is 4.39 Å². The molecule has 0 saturated heterocycles. The first kappa shape index (κ1) is 11.3. The summed E-state index contributed by atoms with van der Waals surface area (Å²) in [6.45, 7) is 1.79. The number of para-hydroxylation sites is 2. The minimum atomic E-state index is -0.599. The van der Waals surface area contributed by atoms with Crippen LogP contribution >= 0.6 is 0 Å². The Morgan fingerprint density at radius 2 is 2.06 bits per heavy atom. The molecule has 0 saturated carbocycles. The highest BCUT2D eigenvalue weighted by Crippen LogP contribution is 2.30. The summed E-state index contributed by atoms with van der Waals surface area (Å²) < 4.78 is 19.0. The molecular formula is C12H11FN2O2. The first-order valence-electron chi connectivity index (χ1n) is 5.17. The minimum Gasteiger partial charge on any atom is -0.504 e. The van der Waals surface area contributed by atoms with E-state index in [1.165, 1.54) is 18.5 Å². The van der Waals surface area contributed by atoms with Crippen LogP contribution in [0.3, 0.4) is 0 Å². The van der Waals surface area contributed by atoms with Crippen molar-refractivity contribution in [1.82, 2.24) is 9.97 Å². The lowest BCUT2D eigenvalue weighted by molar-refractivity contribution is 0.380. The van der Waals surface area contributed by atoms with Crippen LogP contribution in [-0.4, -0.2) is 15.1 Å². The van der Waals surface area contributed by atoms with Gasteiger partial charge in [-0.15, -0.1) is 0 Å². The summed E-state index contributed by atoms with van der Waals surface area (Å²) in [5, 5.41) is 9.50. The zero-order valence-electron chi connectivity index (χ0n) is 9.22. The van der Waals surface area contributed by atoms with Gasteiger partial charge in [-0.05, 0) is 18.6 Å². The molecule has 88 valence electrons. The Hall–Kier alpha value is -2.17. The predicted octanol–water partition coefficient (Wildman–Crippen LogP) is 2.68. The highest BCUT2D eigenvalue weighted by molar-refractivity contribution is 5.40. The normalized spacial score (nSPS) is 10.2. The van der Waals surface area contributed by atoms with E-state index >= 15 is 0 Å². The molecule has 0 aliphatic carbocycles. The average molecular weight is 234 g/mol. The SMILES string of the molecule is CCc1ncnc(Oc2ccccc2O)c1F. The molecule has 0 fully saturated rings. The lowest BCUT2D eigenvalue weighted by Gasteiger charge is -2.08. The van der Waals surface area contributed by atoms with Crippen molar-refractivity contribution in [2.45, 2.75) is 13.3 Å². The van der Waals surface area contributed by atoms with Gasteiger partial charge < -0.3 is 9.84 Å². The lowest BCUT2D eigenvalue weighted by Crippen LogP contribution is -1.99. The highest BCUT2D eigenvalue weighted by atomic mass is 19.1. The van der Waals surface area contributed by atoms with Crippen LogP contribution in [-0.2, 0) is 6.42 Å². The number of aryl methyl sites for hydroxylation is 1. The van der Waals surface area contributed by atoms with E-state index in [0.717, 1.165) is 0 Å². The monoisotopic (exact) mass is 234 g/mol. The number of halogens is 1. The zero-order valence-corrected chi connectivity index (χ0v) is 9.22. The first-order chi connectivity index (χ1) is 8.22. The van der Waals surface area contributed by atoms with Gasteiger partial charge in [0, 0.05) is 0 Å². The maximum absolute atomic E-state index is 13.8. The van der Waals surface area contributed by atoms with Crippen LogP contribution in [0, 0.1) is 5.82 Å². The van der Waals surface area contributed by atoms with Gasteiger partial charge in [-0.3, -0.25) is 0 Å². The van der Waals surface area contributed by atoms with Crippen molar-refractivity contribution in [3.05, 3.63) is 42.1 Å². The standard InChI is InChI=1S/C12H11FN2O2/c1-2-8-11(13)12(15-7-14-8)17-10-6-4-3-5-9(10)16/h3-7,16H,2H2,1H3. The van der Waals surface area contributed by atoms with E-state index in [2.05, 4.69) is 9.97 Å². The molecule has 1 aromatic heterocycles. The predicted molar refractivity (Wildman–Crippen MR) is 59.5 cm³/mol. The summed E-state index contributed by atoms with van der Waals surface area (Å²) >= 11 is 0. The van der Waals surface area contributed by atoms with Crippen molar-refractivity contribution in [1.29, 1.82) is 0 Å². The lowest BCUT2D eigenvalue weighted by atomic mass is 10.3. The van der Waals surface area contributed by atoms with Gasteiger partial charge in [-0.25, -0.2) is 4.98 Å². The Kier molecular flexibility index (Phi) is 3.18. The van der Waals surface area contributed by atoms with Crippen LogP contribution in [0.2, 0.25) is 0 Å². The fourth-order valence-corrected chi connectivity index (χ4v) is 1.35. The first-order valence-corrected chi connectivity index (χ1v) is 5.17. The van der Waals surface area contributed by atoms with E-state index in [-0.39, 0.29) is 23.1 Å². The van der Waals surface area contributed by atoms with Crippen molar-refractivity contribution in [3.63, 3.8) is 0 Å². The summed E-state index contributed by atoms with van der Waals surface area (Å²) in [7, 11) is 0. The van der Waals surface area contributed by atoms with Crippen molar-refractivity contribution in [2.24, 2.45) is 0 Å². The van der Waals surface area contributed by atoms with E-state index in [0.29, 0.717) is 6.42 Å². The van der Waals surface area contributed by atoms with Crippen molar-refractivity contribution < 1.29 is 14.2 Å². The molecule has 0 aliphatic rings. The molecule has 0 radical (unpaired) electrons. The highest BCUT2D eigenvalue weighted by Gasteiger charge is 2.13. The minimum absolute atomic E-state index is 0.0661. The summed E-state index contributed by atoms with van der Waals surface area (Å²) in [6.07, 6.45) is 1.68. The molecule has 1 aromatic carbocycles. The fourth-order valence-electron chi connectivity index (χ4n) is 1.35. The van der Waals surface area contributed by atoms with E-state index in [9.17, 15) is 9.50 Å². The third-order valence-electron chi connectivity index (χ3n) is 2.24. The van der Waals surface area contributed by atoms with Crippen LogP contribution in [0.5, 0.6) is 17.4 Å². The van der Waals surface area contributed by atoms with Crippen molar-refractivity contribution >= 4 is 0 Å². The number of nitrogens with zero attached hydrogens (tertiary/aromatic N) is 2. The van der Waals surface area contributed by atoms with Gasteiger partial charge in [-0.2, -0.15) is 9.37 Å². The Bertz CT molecular complexity index is 532. The second kappa shape index (κ2) is 4.78. The maximum atomic E-state index is 13.8. The fraction of sp³-hybridized carbons (Fsp3) is 0.167. The topological polar surface area (TPSA) is 55.2 Å². The number of benzene rings is 1. The van der Waals surface area contributed by atoms with Crippen LogP contribution in [0.15, 0.2) is 30.6 Å². The third-order valence-corrected chi connectivity index (χ3v) is 2.24. The zero-order chi connectivity index (χ0) is 12.3.